The Hall–Kier alpha value is -0.850. The van der Waals surface area contributed by atoms with Gasteiger partial charge in [0.15, 0.2) is 0 Å². The Morgan fingerprint density at radius 2 is 1.57 bits per heavy atom. The van der Waals surface area contributed by atoms with Gasteiger partial charge in [-0.05, 0) is 25.5 Å². The van der Waals surface area contributed by atoms with Gasteiger partial charge in [0.05, 0.1) is 0 Å². The van der Waals surface area contributed by atoms with Crippen molar-refractivity contribution in [1.82, 2.24) is 0 Å². The second kappa shape index (κ2) is 22.7. The van der Waals surface area contributed by atoms with Crippen molar-refractivity contribution in [2.75, 3.05) is 0 Å². The first-order chi connectivity index (χ1) is 6.72. The zero-order chi connectivity index (χ0) is 11.8. The highest BCUT2D eigenvalue weighted by molar-refractivity contribution is 5.69. The molecule has 0 amide bonds. The molecule has 0 saturated heterocycles. The lowest BCUT2D eigenvalue weighted by molar-refractivity contribution is 0.886. The maximum Gasteiger partial charge on any atom is 0.0180 e. The van der Waals surface area contributed by atoms with Gasteiger partial charge in [-0.25, -0.2) is 0 Å². The van der Waals surface area contributed by atoms with E-state index < -0.39 is 0 Å². The van der Waals surface area contributed by atoms with Crippen LogP contribution in [0.4, 0.5) is 0 Å². The van der Waals surface area contributed by atoms with Crippen LogP contribution in [0.2, 0.25) is 0 Å². The van der Waals surface area contributed by atoms with Crippen molar-refractivity contribution in [3.8, 4) is 0 Å². The summed E-state index contributed by atoms with van der Waals surface area (Å²) in [4.78, 5) is 0. The van der Waals surface area contributed by atoms with Crippen molar-refractivity contribution in [2.45, 2.75) is 54.4 Å². The number of allylic oxidation sites excluding steroid dienone is 4. The standard InChI is InChI=1S/C7H11N.C4H10.C2H6/c1-3-4-7(2)5-6-8;1-3-4-2;1-2/h3-6,8H,1-2H3;3-4H2,1-2H3;1-2H3/b4-3-,7-5-,8-6?;;. The summed E-state index contributed by atoms with van der Waals surface area (Å²) in [5, 5.41) is 6.68. The van der Waals surface area contributed by atoms with Gasteiger partial charge < -0.3 is 5.41 Å². The monoisotopic (exact) mass is 197 g/mol. The van der Waals surface area contributed by atoms with E-state index in [0.29, 0.717) is 0 Å². The largest absolute Gasteiger partial charge is 0.309 e. The number of unbranched alkanes of at least 4 members (excludes halogenated alkanes) is 1. The Morgan fingerprint density at radius 1 is 1.14 bits per heavy atom. The SMILES string of the molecule is C/C=C\C(C)=C/C=N.CC.CCCC. The summed E-state index contributed by atoms with van der Waals surface area (Å²) < 4.78 is 0. The van der Waals surface area contributed by atoms with Crippen LogP contribution in [0.15, 0.2) is 23.8 Å². The van der Waals surface area contributed by atoms with Crippen molar-refractivity contribution in [3.05, 3.63) is 23.8 Å². The van der Waals surface area contributed by atoms with Gasteiger partial charge in [0.2, 0.25) is 0 Å². The highest BCUT2D eigenvalue weighted by atomic mass is 14.3. The number of hydrogen-bond acceptors (Lipinski definition) is 1. The number of hydrogen-bond donors (Lipinski definition) is 1. The summed E-state index contributed by atoms with van der Waals surface area (Å²) in [6.07, 6.45) is 9.59. The van der Waals surface area contributed by atoms with Crippen LogP contribution in [-0.4, -0.2) is 6.21 Å². The molecule has 0 fully saturated rings. The van der Waals surface area contributed by atoms with Crippen LogP contribution < -0.4 is 0 Å². The van der Waals surface area contributed by atoms with Gasteiger partial charge >= 0.3 is 0 Å². The molecular formula is C13H27N. The molecule has 0 aliphatic heterocycles. The van der Waals surface area contributed by atoms with Crippen LogP contribution in [0.3, 0.4) is 0 Å². The van der Waals surface area contributed by atoms with Gasteiger partial charge in [-0.1, -0.05) is 52.7 Å². The van der Waals surface area contributed by atoms with Crippen molar-refractivity contribution < 1.29 is 0 Å². The molecule has 0 aliphatic rings. The molecule has 0 atom stereocenters. The first-order valence-electron chi connectivity index (χ1n) is 5.52. The second-order valence-corrected chi connectivity index (χ2v) is 2.58. The minimum absolute atomic E-state index is 1.11. The molecule has 1 nitrogen and oxygen atoms in total. The van der Waals surface area contributed by atoms with Crippen molar-refractivity contribution in [2.24, 2.45) is 0 Å². The molecule has 0 unspecified atom stereocenters. The quantitative estimate of drug-likeness (QED) is 0.487. The third kappa shape index (κ3) is 30.4. The van der Waals surface area contributed by atoms with Crippen LogP contribution in [0.1, 0.15) is 54.4 Å². The van der Waals surface area contributed by atoms with Gasteiger partial charge in [-0.15, -0.1) is 0 Å². The van der Waals surface area contributed by atoms with E-state index in [9.17, 15) is 0 Å². The Kier molecular flexibility index (Phi) is 30.6. The summed E-state index contributed by atoms with van der Waals surface area (Å²) in [7, 11) is 0. The Morgan fingerprint density at radius 3 is 1.79 bits per heavy atom. The topological polar surface area (TPSA) is 23.9 Å². The molecule has 0 aromatic rings. The average Bonchev–Trinajstić information content (AvgIpc) is 2.22. The average molecular weight is 197 g/mol. The lowest BCUT2D eigenvalue weighted by atomic mass is 10.3. The summed E-state index contributed by atoms with van der Waals surface area (Å²) in [6, 6.07) is 0. The first-order valence-corrected chi connectivity index (χ1v) is 5.52. The third-order valence-corrected chi connectivity index (χ3v) is 1.28. The predicted molar refractivity (Wildman–Crippen MR) is 69.3 cm³/mol. The third-order valence-electron chi connectivity index (χ3n) is 1.28. The molecule has 0 spiro atoms. The Balaban J connectivity index is -0.000000170. The molecule has 0 bridgehead atoms. The lowest BCUT2D eigenvalue weighted by Crippen LogP contribution is -1.66. The van der Waals surface area contributed by atoms with Gasteiger partial charge in [0, 0.05) is 6.21 Å². The van der Waals surface area contributed by atoms with Crippen LogP contribution >= 0.6 is 0 Å². The number of rotatable bonds is 3. The molecule has 1 heteroatoms. The molecule has 1 N–H and O–H groups in total. The molecular weight excluding hydrogens is 170 g/mol. The zero-order valence-electron chi connectivity index (χ0n) is 10.7. The Bertz CT molecular complexity index is 141. The van der Waals surface area contributed by atoms with E-state index in [1.165, 1.54) is 19.1 Å². The van der Waals surface area contributed by atoms with Crippen molar-refractivity contribution in [1.29, 1.82) is 5.41 Å². The van der Waals surface area contributed by atoms with Crippen molar-refractivity contribution >= 4 is 6.21 Å². The maximum atomic E-state index is 6.68. The van der Waals surface area contributed by atoms with E-state index in [1.807, 2.05) is 39.8 Å². The van der Waals surface area contributed by atoms with Gasteiger partial charge in [0.1, 0.15) is 0 Å². The molecule has 0 rings (SSSR count). The second-order valence-electron chi connectivity index (χ2n) is 2.58. The fraction of sp³-hybridized carbons (Fsp3) is 0.615. The van der Waals surface area contributed by atoms with E-state index in [4.69, 9.17) is 5.41 Å². The van der Waals surface area contributed by atoms with Crippen LogP contribution in [0.25, 0.3) is 0 Å². The smallest absolute Gasteiger partial charge is 0.0180 e. The molecule has 0 aromatic carbocycles. The molecule has 0 heterocycles. The van der Waals surface area contributed by atoms with Crippen LogP contribution in [-0.2, 0) is 0 Å². The fourth-order valence-corrected chi connectivity index (χ4v) is 0.450. The lowest BCUT2D eigenvalue weighted by Gasteiger charge is -1.82. The van der Waals surface area contributed by atoms with Gasteiger partial charge in [-0.2, -0.15) is 0 Å². The van der Waals surface area contributed by atoms with Crippen LogP contribution in [0, 0.1) is 5.41 Å². The van der Waals surface area contributed by atoms with E-state index in [0.717, 1.165) is 5.57 Å². The molecule has 0 saturated carbocycles. The highest BCUT2D eigenvalue weighted by Gasteiger charge is 1.72. The zero-order valence-corrected chi connectivity index (χ0v) is 10.7. The summed E-state index contributed by atoms with van der Waals surface area (Å²) in [5.74, 6) is 0. The van der Waals surface area contributed by atoms with E-state index >= 15 is 0 Å². The van der Waals surface area contributed by atoms with Gasteiger partial charge in [-0.3, -0.25) is 0 Å². The molecule has 14 heavy (non-hydrogen) atoms. The van der Waals surface area contributed by atoms with E-state index in [-0.39, 0.29) is 0 Å². The Labute approximate surface area is 90.4 Å². The minimum atomic E-state index is 1.11. The molecule has 84 valence electrons. The fourth-order valence-electron chi connectivity index (χ4n) is 0.450. The van der Waals surface area contributed by atoms with E-state index in [2.05, 4.69) is 13.8 Å². The van der Waals surface area contributed by atoms with Gasteiger partial charge in [0.25, 0.3) is 0 Å². The first kappa shape index (κ1) is 18.8. The highest BCUT2D eigenvalue weighted by Crippen LogP contribution is 1.90. The number of nitrogens with one attached hydrogen (secondary N) is 1. The summed E-state index contributed by atoms with van der Waals surface area (Å²) in [5.41, 5.74) is 1.11. The normalized spacial score (nSPS) is 9.71. The summed E-state index contributed by atoms with van der Waals surface area (Å²) >= 11 is 0. The summed E-state index contributed by atoms with van der Waals surface area (Å²) in [6.45, 7) is 12.3. The van der Waals surface area contributed by atoms with Crippen molar-refractivity contribution in [3.63, 3.8) is 0 Å². The van der Waals surface area contributed by atoms with Crippen LogP contribution in [0.5, 0.6) is 0 Å². The minimum Gasteiger partial charge on any atom is -0.309 e. The molecule has 0 radical (unpaired) electrons. The van der Waals surface area contributed by atoms with E-state index in [1.54, 1.807) is 6.08 Å². The molecule has 0 aromatic heterocycles. The molecule has 0 aliphatic carbocycles. The predicted octanol–water partition coefficient (Wildman–Crippen LogP) is 4.99. The maximum absolute atomic E-state index is 6.68.